The molecule has 1 saturated carbocycles. The summed E-state index contributed by atoms with van der Waals surface area (Å²) < 4.78 is 42.7. The minimum atomic E-state index is -3.95. The number of nitrogens with zero attached hydrogens (tertiary/aromatic N) is 1. The summed E-state index contributed by atoms with van der Waals surface area (Å²) in [6.45, 7) is 1.69. The molecule has 34 heavy (non-hydrogen) atoms. The molecular formula is C23H28BrClFN3O3S2. The van der Waals surface area contributed by atoms with Crippen molar-refractivity contribution in [2.75, 3.05) is 24.5 Å². The Bertz CT molecular complexity index is 1140. The molecule has 1 aromatic heterocycles. The van der Waals surface area contributed by atoms with Crippen LogP contribution in [-0.4, -0.2) is 40.0 Å². The van der Waals surface area contributed by atoms with Crippen LogP contribution in [-0.2, 0) is 21.2 Å². The van der Waals surface area contributed by atoms with Gasteiger partial charge in [-0.05, 0) is 58.5 Å². The number of hydrogen-bond donors (Lipinski definition) is 2. The number of benzene rings is 1. The lowest BCUT2D eigenvalue weighted by molar-refractivity contribution is -0.123. The highest BCUT2D eigenvalue weighted by atomic mass is 79.9. The number of hydrogen-bond acceptors (Lipinski definition) is 5. The minimum absolute atomic E-state index is 0.00314. The first-order valence-corrected chi connectivity index (χ1v) is 15.0. The summed E-state index contributed by atoms with van der Waals surface area (Å²) in [5.74, 6) is -0.276. The van der Waals surface area contributed by atoms with Crippen LogP contribution in [0.2, 0.25) is 5.02 Å². The number of nitrogens with one attached hydrogen (secondary N) is 2. The van der Waals surface area contributed by atoms with Gasteiger partial charge in [0.05, 0.1) is 5.02 Å². The van der Waals surface area contributed by atoms with Gasteiger partial charge in [0.1, 0.15) is 11.9 Å². The summed E-state index contributed by atoms with van der Waals surface area (Å²) in [6, 6.07) is 3.89. The van der Waals surface area contributed by atoms with Crippen molar-refractivity contribution in [1.29, 1.82) is 0 Å². The van der Waals surface area contributed by atoms with Gasteiger partial charge in [0, 0.05) is 35.2 Å². The second-order valence-electron chi connectivity index (χ2n) is 8.90. The Morgan fingerprint density at radius 3 is 2.76 bits per heavy atom. The van der Waals surface area contributed by atoms with E-state index >= 15 is 0 Å². The van der Waals surface area contributed by atoms with Crippen molar-refractivity contribution in [1.82, 2.24) is 10.0 Å². The van der Waals surface area contributed by atoms with Crippen molar-refractivity contribution < 1.29 is 17.6 Å². The van der Waals surface area contributed by atoms with Crippen molar-refractivity contribution in [3.8, 4) is 0 Å². The van der Waals surface area contributed by atoms with Gasteiger partial charge in [-0.1, -0.05) is 43.7 Å². The lowest BCUT2D eigenvalue weighted by Gasteiger charge is -2.27. The van der Waals surface area contributed by atoms with Crippen molar-refractivity contribution in [2.45, 2.75) is 55.2 Å². The molecule has 1 fully saturated rings. The highest BCUT2D eigenvalue weighted by molar-refractivity contribution is 9.10. The largest absolute Gasteiger partial charge is 0.369 e. The van der Waals surface area contributed by atoms with E-state index in [1.165, 1.54) is 12.5 Å². The highest BCUT2D eigenvalue weighted by Gasteiger charge is 2.31. The van der Waals surface area contributed by atoms with Crippen LogP contribution >= 0.6 is 38.9 Å². The molecule has 6 nitrogen and oxygen atoms in total. The fraction of sp³-hybridized carbons (Fsp3) is 0.522. The average Bonchev–Trinajstić information content (AvgIpc) is 3.36. The molecule has 2 aliphatic rings. The first-order valence-electron chi connectivity index (χ1n) is 11.5. The third-order valence-corrected chi connectivity index (χ3v) is 11.3. The van der Waals surface area contributed by atoms with Crippen molar-refractivity contribution in [2.24, 2.45) is 5.92 Å². The van der Waals surface area contributed by atoms with Gasteiger partial charge < -0.3 is 10.2 Å². The normalized spacial score (nSPS) is 17.6. The van der Waals surface area contributed by atoms with Gasteiger partial charge in [0.2, 0.25) is 5.91 Å². The van der Waals surface area contributed by atoms with Gasteiger partial charge in [-0.3, -0.25) is 4.79 Å². The number of carbonyl (C=O) groups excluding carboxylic acids is 1. The zero-order chi connectivity index (χ0) is 24.3. The summed E-state index contributed by atoms with van der Waals surface area (Å²) in [4.78, 5) is 15.2. The van der Waals surface area contributed by atoms with E-state index < -0.39 is 16.1 Å². The Morgan fingerprint density at radius 2 is 2.06 bits per heavy atom. The maximum atomic E-state index is 13.5. The molecule has 2 aromatic rings. The molecular weight excluding hydrogens is 565 g/mol. The number of halogens is 3. The van der Waals surface area contributed by atoms with Crippen molar-refractivity contribution in [3.63, 3.8) is 0 Å². The Kier molecular flexibility index (Phi) is 8.56. The van der Waals surface area contributed by atoms with Gasteiger partial charge in [0.15, 0.2) is 4.21 Å². The fourth-order valence-electron chi connectivity index (χ4n) is 4.80. The third-order valence-electron chi connectivity index (χ3n) is 6.52. The molecule has 1 unspecified atom stereocenters. The molecule has 0 bridgehead atoms. The monoisotopic (exact) mass is 591 g/mol. The Balaban J connectivity index is 1.41. The molecule has 1 amide bonds. The zero-order valence-electron chi connectivity index (χ0n) is 18.7. The Labute approximate surface area is 217 Å². The minimum Gasteiger partial charge on any atom is -0.369 e. The number of carbonyl (C=O) groups is 1. The summed E-state index contributed by atoms with van der Waals surface area (Å²) in [5, 5.41) is 4.66. The van der Waals surface area contributed by atoms with Crippen LogP contribution in [0, 0.1) is 11.7 Å². The zero-order valence-corrected chi connectivity index (χ0v) is 22.6. The predicted octanol–water partition coefficient (Wildman–Crippen LogP) is 5.10. The average molecular weight is 593 g/mol. The molecule has 0 radical (unpaired) electrons. The smallest absolute Gasteiger partial charge is 0.252 e. The molecule has 2 heterocycles. The van der Waals surface area contributed by atoms with Crippen LogP contribution in [0.1, 0.15) is 44.1 Å². The SMILES string of the molecule is O=C(NCCN1CCc2cc(F)ccc21)C(CC1CCCCC1)NS(=O)(=O)c1scc(Br)c1Cl. The van der Waals surface area contributed by atoms with E-state index in [1.807, 2.05) is 0 Å². The molecule has 11 heteroatoms. The lowest BCUT2D eigenvalue weighted by Crippen LogP contribution is -2.49. The van der Waals surface area contributed by atoms with Crippen molar-refractivity contribution in [3.05, 3.63) is 44.5 Å². The van der Waals surface area contributed by atoms with Gasteiger partial charge in [0.25, 0.3) is 10.0 Å². The first kappa shape index (κ1) is 25.9. The highest BCUT2D eigenvalue weighted by Crippen LogP contribution is 2.36. The van der Waals surface area contributed by atoms with Gasteiger partial charge in [-0.2, -0.15) is 4.72 Å². The topological polar surface area (TPSA) is 78.5 Å². The quantitative estimate of drug-likeness (QED) is 0.425. The number of fused-ring (bicyclic) bond motifs is 1. The van der Waals surface area contributed by atoms with E-state index in [-0.39, 0.29) is 21.0 Å². The lowest BCUT2D eigenvalue weighted by atomic mass is 9.85. The summed E-state index contributed by atoms with van der Waals surface area (Å²) in [5.41, 5.74) is 1.95. The van der Waals surface area contributed by atoms with Gasteiger partial charge in [-0.25, -0.2) is 12.8 Å². The summed E-state index contributed by atoms with van der Waals surface area (Å²) in [6.07, 6.45) is 6.60. The van der Waals surface area contributed by atoms with Crippen LogP contribution in [0.15, 0.2) is 32.3 Å². The van der Waals surface area contributed by atoms with Crippen molar-refractivity contribution >= 4 is 60.5 Å². The molecule has 1 aliphatic carbocycles. The Morgan fingerprint density at radius 1 is 1.29 bits per heavy atom. The van der Waals surface area contributed by atoms with Crippen LogP contribution in [0.25, 0.3) is 0 Å². The van der Waals surface area contributed by atoms with E-state index in [0.717, 1.165) is 61.2 Å². The number of rotatable bonds is 9. The molecule has 0 saturated heterocycles. The van der Waals surface area contributed by atoms with Gasteiger partial charge in [-0.15, -0.1) is 11.3 Å². The summed E-state index contributed by atoms with van der Waals surface area (Å²) in [7, 11) is -3.95. The van der Waals surface area contributed by atoms with Crippen LogP contribution < -0.4 is 14.9 Å². The van der Waals surface area contributed by atoms with E-state index in [9.17, 15) is 17.6 Å². The molecule has 1 aromatic carbocycles. The number of sulfonamides is 1. The number of anilines is 1. The molecule has 2 N–H and O–H groups in total. The van der Waals surface area contributed by atoms with E-state index in [4.69, 9.17) is 11.6 Å². The van der Waals surface area contributed by atoms with E-state index in [2.05, 4.69) is 30.9 Å². The Hall–Kier alpha value is -1.20. The van der Waals surface area contributed by atoms with E-state index in [1.54, 1.807) is 17.5 Å². The molecule has 1 atom stereocenters. The standard InChI is InChI=1S/C23H28BrClFN3O3S2/c24-18-14-33-23(21(18)25)34(31,32)28-19(12-15-4-2-1-3-5-15)22(30)27-9-11-29-10-8-16-13-17(26)6-7-20(16)29/h6-7,13-15,19,28H,1-5,8-12H2,(H,27,30). The molecule has 1 aliphatic heterocycles. The third kappa shape index (κ3) is 6.13. The van der Waals surface area contributed by atoms with Crippen LogP contribution in [0.4, 0.5) is 10.1 Å². The fourth-order valence-corrected chi connectivity index (χ4v) is 8.47. The van der Waals surface area contributed by atoms with Crippen LogP contribution in [0.5, 0.6) is 0 Å². The summed E-state index contributed by atoms with van der Waals surface area (Å²) >= 11 is 10.4. The second kappa shape index (κ2) is 11.2. The predicted molar refractivity (Wildman–Crippen MR) is 138 cm³/mol. The molecule has 0 spiro atoms. The van der Waals surface area contributed by atoms with Gasteiger partial charge >= 0.3 is 0 Å². The van der Waals surface area contributed by atoms with Crippen LogP contribution in [0.3, 0.4) is 0 Å². The first-order chi connectivity index (χ1) is 16.2. The number of thiophene rings is 1. The maximum absolute atomic E-state index is 13.5. The molecule has 4 rings (SSSR count). The second-order valence-corrected chi connectivity index (χ2v) is 12.9. The van der Waals surface area contributed by atoms with E-state index in [0.29, 0.717) is 29.9 Å². The maximum Gasteiger partial charge on any atom is 0.252 e. The number of amides is 1. The molecule has 186 valence electrons.